The van der Waals surface area contributed by atoms with Crippen LogP contribution in [0.25, 0.3) is 4.85 Å². The van der Waals surface area contributed by atoms with Crippen LogP contribution in [0, 0.1) is 12.4 Å². The van der Waals surface area contributed by atoms with Crippen LogP contribution in [-0.2, 0) is 5.75 Å². The van der Waals surface area contributed by atoms with E-state index in [0.717, 1.165) is 11.3 Å². The predicted octanol–water partition coefficient (Wildman–Crippen LogP) is 4.67. The van der Waals surface area contributed by atoms with Gasteiger partial charge in [0.05, 0.1) is 6.57 Å². The third kappa shape index (κ3) is 3.08. The van der Waals surface area contributed by atoms with Crippen molar-refractivity contribution in [3.05, 3.63) is 71.3 Å². The molecule has 17 heavy (non-hydrogen) atoms. The first-order chi connectivity index (χ1) is 8.29. The van der Waals surface area contributed by atoms with Crippen LogP contribution in [0.3, 0.4) is 0 Å². The summed E-state index contributed by atoms with van der Waals surface area (Å²) < 4.78 is 13.6. The molecule has 0 aromatic heterocycles. The molecular weight excluding hydrogens is 233 g/mol. The molecule has 2 rings (SSSR count). The van der Waals surface area contributed by atoms with Crippen LogP contribution < -0.4 is 0 Å². The Morgan fingerprint density at radius 3 is 2.53 bits per heavy atom. The molecule has 0 spiro atoms. The molecule has 0 aliphatic rings. The van der Waals surface area contributed by atoms with Crippen molar-refractivity contribution in [2.75, 3.05) is 0 Å². The maximum Gasteiger partial charge on any atom is 0.190 e. The molecule has 0 radical (unpaired) electrons. The van der Waals surface area contributed by atoms with Crippen LogP contribution in [0.5, 0.6) is 0 Å². The molecule has 0 bridgehead atoms. The smallest absolute Gasteiger partial charge is 0.190 e. The summed E-state index contributed by atoms with van der Waals surface area (Å²) >= 11 is 1.44. The van der Waals surface area contributed by atoms with Crippen molar-refractivity contribution in [3.63, 3.8) is 0 Å². The van der Waals surface area contributed by atoms with Crippen molar-refractivity contribution in [1.29, 1.82) is 0 Å². The molecular formula is C14H10FNS. The third-order valence-corrected chi connectivity index (χ3v) is 3.40. The van der Waals surface area contributed by atoms with Crippen LogP contribution in [-0.4, -0.2) is 0 Å². The number of nitrogens with zero attached hydrogens (tertiary/aromatic N) is 1. The minimum Gasteiger partial charge on any atom is -0.238 e. The van der Waals surface area contributed by atoms with Gasteiger partial charge in [-0.25, -0.2) is 9.24 Å². The molecule has 0 saturated heterocycles. The van der Waals surface area contributed by atoms with Gasteiger partial charge in [-0.05, 0) is 11.6 Å². The second-order valence-electron chi connectivity index (χ2n) is 3.50. The quantitative estimate of drug-likeness (QED) is 0.560. The summed E-state index contributed by atoms with van der Waals surface area (Å²) in [6.45, 7) is 6.80. The van der Waals surface area contributed by atoms with Crippen molar-refractivity contribution >= 4 is 17.4 Å². The van der Waals surface area contributed by atoms with Crippen molar-refractivity contribution < 1.29 is 4.39 Å². The fourth-order valence-corrected chi connectivity index (χ4v) is 2.29. The van der Waals surface area contributed by atoms with Gasteiger partial charge >= 0.3 is 0 Å². The normalized spacial score (nSPS) is 9.88. The first-order valence-corrected chi connectivity index (χ1v) is 6.12. The molecule has 0 aliphatic heterocycles. The second kappa shape index (κ2) is 5.51. The van der Waals surface area contributed by atoms with Gasteiger partial charge in [-0.15, -0.1) is 11.8 Å². The zero-order valence-electron chi connectivity index (χ0n) is 9.06. The number of hydrogen-bond donors (Lipinski definition) is 0. The molecule has 0 heterocycles. The lowest BCUT2D eigenvalue weighted by Crippen LogP contribution is -1.83. The molecule has 0 fully saturated rings. The Kier molecular flexibility index (Phi) is 3.79. The average molecular weight is 243 g/mol. The fraction of sp³-hybridized carbons (Fsp3) is 0.0714. The highest BCUT2D eigenvalue weighted by molar-refractivity contribution is 7.98. The van der Waals surface area contributed by atoms with E-state index in [4.69, 9.17) is 6.57 Å². The summed E-state index contributed by atoms with van der Waals surface area (Å²) in [5.74, 6) is 0.411. The van der Waals surface area contributed by atoms with E-state index in [0.29, 0.717) is 10.6 Å². The lowest BCUT2D eigenvalue weighted by molar-refractivity contribution is 0.603. The molecule has 3 heteroatoms. The Balaban J connectivity index is 2.08. The fourth-order valence-electron chi connectivity index (χ4n) is 1.41. The van der Waals surface area contributed by atoms with Gasteiger partial charge in [-0.3, -0.25) is 0 Å². The van der Waals surface area contributed by atoms with E-state index < -0.39 is 0 Å². The van der Waals surface area contributed by atoms with Gasteiger partial charge in [-0.1, -0.05) is 42.5 Å². The van der Waals surface area contributed by atoms with E-state index in [1.807, 2.05) is 30.3 Å². The average Bonchev–Trinajstić information content (AvgIpc) is 2.38. The van der Waals surface area contributed by atoms with Crippen molar-refractivity contribution in [2.24, 2.45) is 0 Å². The molecule has 0 N–H and O–H groups in total. The summed E-state index contributed by atoms with van der Waals surface area (Å²) in [7, 11) is 0. The van der Waals surface area contributed by atoms with Crippen molar-refractivity contribution in [1.82, 2.24) is 0 Å². The monoisotopic (exact) mass is 243 g/mol. The molecule has 2 aromatic carbocycles. The van der Waals surface area contributed by atoms with E-state index in [2.05, 4.69) is 4.85 Å². The summed E-state index contributed by atoms with van der Waals surface area (Å²) in [6, 6.07) is 14.5. The SMILES string of the molecule is [C-]#[N+]c1ccc(SCc2ccccc2)c(F)c1. The number of halogens is 1. The first kappa shape index (κ1) is 11.7. The Bertz CT molecular complexity index is 546. The van der Waals surface area contributed by atoms with E-state index in [-0.39, 0.29) is 5.82 Å². The minimum atomic E-state index is -0.320. The number of hydrogen-bond acceptors (Lipinski definition) is 1. The maximum absolute atomic E-state index is 13.6. The highest BCUT2D eigenvalue weighted by Gasteiger charge is 2.04. The zero-order valence-corrected chi connectivity index (χ0v) is 9.88. The lowest BCUT2D eigenvalue weighted by Gasteiger charge is -2.03. The van der Waals surface area contributed by atoms with Crippen molar-refractivity contribution in [2.45, 2.75) is 10.6 Å². The van der Waals surface area contributed by atoms with Gasteiger partial charge in [-0.2, -0.15) is 0 Å². The molecule has 0 unspecified atom stereocenters. The van der Waals surface area contributed by atoms with Gasteiger partial charge in [0.15, 0.2) is 5.69 Å². The summed E-state index contributed by atoms with van der Waals surface area (Å²) in [4.78, 5) is 3.78. The number of rotatable bonds is 3. The topological polar surface area (TPSA) is 4.36 Å². The largest absolute Gasteiger partial charge is 0.238 e. The molecule has 0 amide bonds. The molecule has 2 aromatic rings. The second-order valence-corrected chi connectivity index (χ2v) is 4.52. The van der Waals surface area contributed by atoms with Gasteiger partial charge in [0.25, 0.3) is 0 Å². The molecule has 0 aliphatic carbocycles. The minimum absolute atomic E-state index is 0.320. The molecule has 0 saturated carbocycles. The summed E-state index contributed by atoms with van der Waals surface area (Å²) in [5, 5.41) is 0. The van der Waals surface area contributed by atoms with E-state index in [1.165, 1.54) is 17.8 Å². The van der Waals surface area contributed by atoms with Crippen LogP contribution in [0.1, 0.15) is 5.56 Å². The van der Waals surface area contributed by atoms with Crippen molar-refractivity contribution in [3.8, 4) is 0 Å². The molecule has 0 atom stereocenters. The zero-order chi connectivity index (χ0) is 12.1. The van der Waals surface area contributed by atoms with E-state index in [1.54, 1.807) is 12.1 Å². The maximum atomic E-state index is 13.6. The highest BCUT2D eigenvalue weighted by atomic mass is 32.2. The third-order valence-electron chi connectivity index (χ3n) is 2.28. The highest BCUT2D eigenvalue weighted by Crippen LogP contribution is 2.28. The molecule has 84 valence electrons. The van der Waals surface area contributed by atoms with Gasteiger partial charge < -0.3 is 0 Å². The summed E-state index contributed by atoms with van der Waals surface area (Å²) in [5.41, 5.74) is 1.50. The number of thioether (sulfide) groups is 1. The summed E-state index contributed by atoms with van der Waals surface area (Å²) in [6.07, 6.45) is 0. The Morgan fingerprint density at radius 1 is 1.12 bits per heavy atom. The molecule has 1 nitrogen and oxygen atoms in total. The number of benzene rings is 2. The Labute approximate surface area is 104 Å². The predicted molar refractivity (Wildman–Crippen MR) is 68.7 cm³/mol. The Hall–Kier alpha value is -1.79. The van der Waals surface area contributed by atoms with E-state index >= 15 is 0 Å². The van der Waals surface area contributed by atoms with Crippen LogP contribution >= 0.6 is 11.8 Å². The van der Waals surface area contributed by atoms with Gasteiger partial charge in [0.1, 0.15) is 5.82 Å². The van der Waals surface area contributed by atoms with E-state index in [9.17, 15) is 4.39 Å². The van der Waals surface area contributed by atoms with Crippen LogP contribution in [0.2, 0.25) is 0 Å². The van der Waals surface area contributed by atoms with Crippen LogP contribution in [0.4, 0.5) is 10.1 Å². The first-order valence-electron chi connectivity index (χ1n) is 5.13. The lowest BCUT2D eigenvalue weighted by atomic mass is 10.2. The van der Waals surface area contributed by atoms with Gasteiger partial charge in [0, 0.05) is 10.6 Å². The Morgan fingerprint density at radius 2 is 1.88 bits per heavy atom. The van der Waals surface area contributed by atoms with Gasteiger partial charge in [0.2, 0.25) is 0 Å². The van der Waals surface area contributed by atoms with Crippen LogP contribution in [0.15, 0.2) is 53.4 Å². The standard InChI is InChI=1S/C14H10FNS/c1-16-12-7-8-14(13(15)9-12)17-10-11-5-3-2-4-6-11/h2-9H,10H2.